The maximum atomic E-state index is 10.2. The number of carboxylic acid groups (broad SMARTS) is 1. The number of benzene rings is 1. The van der Waals surface area contributed by atoms with E-state index in [9.17, 15) is 9.59 Å². The minimum atomic E-state index is -0.843. The fourth-order valence-corrected chi connectivity index (χ4v) is 1.05. The van der Waals surface area contributed by atoms with Gasteiger partial charge < -0.3 is 5.11 Å². The zero-order valence-corrected chi connectivity index (χ0v) is 7.72. The lowest BCUT2D eigenvalue weighted by molar-refractivity contribution is -0.149. The second-order valence-electron chi connectivity index (χ2n) is 3.14. The zero-order valence-electron chi connectivity index (χ0n) is 7.72. The molecule has 0 radical (unpaired) electrons. The number of hydrogen-bond donors (Lipinski definition) is 1. The Morgan fingerprint density at radius 2 is 1.43 bits per heavy atom. The Kier molecular flexibility index (Phi) is 3.85. The summed E-state index contributed by atoms with van der Waals surface area (Å²) < 4.78 is 0. The van der Waals surface area contributed by atoms with Crippen LogP contribution >= 0.6 is 0 Å². The Morgan fingerprint density at radius 1 is 1.07 bits per heavy atom. The molecule has 14 heavy (non-hydrogen) atoms. The van der Waals surface area contributed by atoms with E-state index in [1.807, 2.05) is 36.4 Å². The molecule has 0 aliphatic heterocycles. The van der Waals surface area contributed by atoms with Crippen LogP contribution in [0.25, 0.3) is 0 Å². The van der Waals surface area contributed by atoms with Crippen molar-refractivity contribution in [3.05, 3.63) is 36.4 Å². The second kappa shape index (κ2) is 5.17. The number of hydrogen-bond acceptors (Lipinski definition) is 2. The molecule has 1 aromatic rings. The third kappa shape index (κ3) is 3.39. The first kappa shape index (κ1) is 10.4. The molecule has 0 unspecified atom stereocenters. The molecule has 3 heteroatoms. The van der Waals surface area contributed by atoms with Crippen LogP contribution in [0.5, 0.6) is 0 Å². The summed E-state index contributed by atoms with van der Waals surface area (Å²) in [5.41, 5.74) is 0. The fourth-order valence-electron chi connectivity index (χ4n) is 1.05. The molecule has 2 rings (SSSR count). The largest absolute Gasteiger partial charge is 0.481 e. The van der Waals surface area contributed by atoms with Crippen LogP contribution in [0.4, 0.5) is 0 Å². The minimum Gasteiger partial charge on any atom is -0.481 e. The molecule has 0 bridgehead atoms. The third-order valence-corrected chi connectivity index (χ3v) is 1.96. The van der Waals surface area contributed by atoms with Gasteiger partial charge in [0, 0.05) is 12.8 Å². The van der Waals surface area contributed by atoms with Gasteiger partial charge in [-0.05, 0) is 0 Å². The fraction of sp³-hybridized carbons (Fsp3) is 0.273. The molecular weight excluding hydrogens is 180 g/mol. The van der Waals surface area contributed by atoms with Gasteiger partial charge in [0.1, 0.15) is 5.78 Å². The van der Waals surface area contributed by atoms with Crippen LogP contribution in [0.15, 0.2) is 36.4 Å². The third-order valence-electron chi connectivity index (χ3n) is 1.96. The van der Waals surface area contributed by atoms with Gasteiger partial charge in [0.2, 0.25) is 0 Å². The summed E-state index contributed by atoms with van der Waals surface area (Å²) in [6, 6.07) is 12.0. The van der Waals surface area contributed by atoms with Crippen molar-refractivity contribution in [2.24, 2.45) is 5.92 Å². The van der Waals surface area contributed by atoms with E-state index in [4.69, 9.17) is 5.11 Å². The maximum Gasteiger partial charge on any atom is 0.307 e. The Morgan fingerprint density at radius 3 is 1.57 bits per heavy atom. The normalized spacial score (nSPS) is 15.0. The highest BCUT2D eigenvalue weighted by Crippen LogP contribution is 2.22. The highest BCUT2D eigenvalue weighted by atomic mass is 16.4. The lowest BCUT2D eigenvalue weighted by atomic mass is 9.84. The number of rotatable bonds is 1. The van der Waals surface area contributed by atoms with Crippen molar-refractivity contribution < 1.29 is 14.7 Å². The molecule has 0 heterocycles. The van der Waals surface area contributed by atoms with Gasteiger partial charge in [-0.15, -0.1) is 0 Å². The van der Waals surface area contributed by atoms with Gasteiger partial charge in [-0.25, -0.2) is 0 Å². The van der Waals surface area contributed by atoms with Crippen molar-refractivity contribution in [3.63, 3.8) is 0 Å². The summed E-state index contributed by atoms with van der Waals surface area (Å²) in [6.07, 6.45) is 0.491. The number of Topliss-reactive ketones (excluding diaryl/α,β-unsaturated/α-hetero) is 1. The number of carboxylic acids is 1. The number of aliphatic carboxylic acids is 1. The van der Waals surface area contributed by atoms with Crippen molar-refractivity contribution in [1.82, 2.24) is 0 Å². The van der Waals surface area contributed by atoms with E-state index >= 15 is 0 Å². The first-order valence-corrected chi connectivity index (χ1v) is 4.44. The van der Waals surface area contributed by atoms with Gasteiger partial charge in [-0.3, -0.25) is 9.59 Å². The van der Waals surface area contributed by atoms with Crippen LogP contribution in [0.1, 0.15) is 12.8 Å². The average Bonchev–Trinajstić information content (AvgIpc) is 2.16. The van der Waals surface area contributed by atoms with E-state index in [1.54, 1.807) is 0 Å². The van der Waals surface area contributed by atoms with Crippen LogP contribution in [0.3, 0.4) is 0 Å². The molecule has 0 saturated heterocycles. The lowest BCUT2D eigenvalue weighted by Gasteiger charge is -2.18. The van der Waals surface area contributed by atoms with Crippen molar-refractivity contribution in [3.8, 4) is 0 Å². The number of ketones is 1. The molecular formula is C11H12O3. The van der Waals surface area contributed by atoms with Crippen molar-refractivity contribution in [2.75, 3.05) is 0 Å². The maximum absolute atomic E-state index is 10.2. The Balaban J connectivity index is 0.000000146. The molecule has 1 aromatic carbocycles. The van der Waals surface area contributed by atoms with Gasteiger partial charge in [-0.1, -0.05) is 36.4 Å². The summed E-state index contributed by atoms with van der Waals surface area (Å²) >= 11 is 0. The smallest absolute Gasteiger partial charge is 0.307 e. The molecule has 1 saturated carbocycles. The predicted octanol–water partition coefficient (Wildman–Crippen LogP) is 1.74. The van der Waals surface area contributed by atoms with E-state index in [1.165, 1.54) is 0 Å². The SMILES string of the molecule is O=C1CC(C(=O)O)C1.c1ccccc1. The van der Waals surface area contributed by atoms with E-state index in [0.29, 0.717) is 0 Å². The van der Waals surface area contributed by atoms with E-state index < -0.39 is 5.97 Å². The Bertz CT molecular complexity index is 271. The first-order chi connectivity index (χ1) is 6.70. The molecule has 1 fully saturated rings. The van der Waals surface area contributed by atoms with Crippen LogP contribution in [-0.4, -0.2) is 16.9 Å². The van der Waals surface area contributed by atoms with Gasteiger partial charge in [0.05, 0.1) is 5.92 Å². The molecule has 74 valence electrons. The lowest BCUT2D eigenvalue weighted by Crippen LogP contribution is -2.29. The summed E-state index contributed by atoms with van der Waals surface area (Å²) in [4.78, 5) is 20.1. The van der Waals surface area contributed by atoms with E-state index in [2.05, 4.69) is 0 Å². The average molecular weight is 192 g/mol. The molecule has 3 nitrogen and oxygen atoms in total. The molecule has 0 amide bonds. The van der Waals surface area contributed by atoms with Crippen molar-refractivity contribution in [2.45, 2.75) is 12.8 Å². The number of carbonyl (C=O) groups is 2. The topological polar surface area (TPSA) is 54.4 Å². The van der Waals surface area contributed by atoms with Gasteiger partial charge in [0.25, 0.3) is 0 Å². The molecule has 1 aliphatic carbocycles. The van der Waals surface area contributed by atoms with Crippen LogP contribution in [0.2, 0.25) is 0 Å². The summed E-state index contributed by atoms with van der Waals surface area (Å²) in [5, 5.41) is 8.20. The standard InChI is InChI=1S/C6H6.C5H6O3/c1-2-4-6-5-3-1;6-4-1-3(2-4)5(7)8/h1-6H;3H,1-2H2,(H,7,8). The Labute approximate surface area is 82.4 Å². The van der Waals surface area contributed by atoms with Crippen LogP contribution in [0, 0.1) is 5.92 Å². The minimum absolute atomic E-state index is 0.0670. The van der Waals surface area contributed by atoms with Gasteiger partial charge in [-0.2, -0.15) is 0 Å². The van der Waals surface area contributed by atoms with Gasteiger partial charge >= 0.3 is 5.97 Å². The first-order valence-electron chi connectivity index (χ1n) is 4.44. The monoisotopic (exact) mass is 192 g/mol. The Hall–Kier alpha value is -1.64. The number of carbonyl (C=O) groups excluding carboxylic acids is 1. The highest BCUT2D eigenvalue weighted by molar-refractivity contribution is 5.93. The predicted molar refractivity (Wildman–Crippen MR) is 51.8 cm³/mol. The van der Waals surface area contributed by atoms with Crippen molar-refractivity contribution >= 4 is 11.8 Å². The molecule has 1 aliphatic rings. The summed E-state index contributed by atoms with van der Waals surface area (Å²) in [7, 11) is 0. The molecule has 1 N–H and O–H groups in total. The van der Waals surface area contributed by atoms with Crippen LogP contribution in [-0.2, 0) is 9.59 Å². The molecule has 0 spiro atoms. The van der Waals surface area contributed by atoms with Crippen molar-refractivity contribution in [1.29, 1.82) is 0 Å². The van der Waals surface area contributed by atoms with E-state index in [-0.39, 0.29) is 24.5 Å². The zero-order chi connectivity index (χ0) is 10.4. The van der Waals surface area contributed by atoms with Crippen LogP contribution < -0.4 is 0 Å². The second-order valence-corrected chi connectivity index (χ2v) is 3.14. The molecule has 0 aromatic heterocycles. The summed E-state index contributed by atoms with van der Waals surface area (Å²) in [6.45, 7) is 0. The summed E-state index contributed by atoms with van der Waals surface area (Å²) in [5.74, 6) is -1.15. The quantitative estimate of drug-likeness (QED) is 0.737. The highest BCUT2D eigenvalue weighted by Gasteiger charge is 2.32. The van der Waals surface area contributed by atoms with E-state index in [0.717, 1.165) is 0 Å². The molecule has 0 atom stereocenters. The van der Waals surface area contributed by atoms with Gasteiger partial charge in [0.15, 0.2) is 0 Å².